The molecule has 0 radical (unpaired) electrons. The topological polar surface area (TPSA) is 50.1 Å². The van der Waals surface area contributed by atoms with Crippen molar-refractivity contribution in [3.8, 4) is 0 Å². The number of aromatic nitrogens is 4. The van der Waals surface area contributed by atoms with Gasteiger partial charge >= 0.3 is 0 Å². The van der Waals surface area contributed by atoms with Crippen LogP contribution in [0.25, 0.3) is 0 Å². The third kappa shape index (κ3) is 4.39. The molecule has 0 spiro atoms. The Morgan fingerprint density at radius 2 is 1.71 bits per heavy atom. The number of halogens is 1. The zero-order chi connectivity index (χ0) is 19.5. The van der Waals surface area contributed by atoms with Gasteiger partial charge in [-0.15, -0.1) is 5.10 Å². The molecule has 1 aliphatic carbocycles. The predicted molar refractivity (Wildman–Crippen MR) is 111 cm³/mol. The van der Waals surface area contributed by atoms with Crippen molar-refractivity contribution in [3.05, 3.63) is 40.7 Å². The van der Waals surface area contributed by atoms with Gasteiger partial charge < -0.3 is 0 Å². The highest BCUT2D eigenvalue weighted by Crippen LogP contribution is 2.34. The minimum absolute atomic E-state index is 0.285. The lowest BCUT2D eigenvalue weighted by Crippen LogP contribution is -2.48. The lowest BCUT2D eigenvalue weighted by Gasteiger charge is -2.40. The summed E-state index contributed by atoms with van der Waals surface area (Å²) in [6.45, 7) is 9.80. The summed E-state index contributed by atoms with van der Waals surface area (Å²) < 4.78 is 2.14. The first-order valence-electron chi connectivity index (χ1n) is 10.6. The van der Waals surface area contributed by atoms with Crippen molar-refractivity contribution in [2.24, 2.45) is 5.92 Å². The van der Waals surface area contributed by atoms with Gasteiger partial charge in [0, 0.05) is 37.7 Å². The minimum Gasteiger partial charge on any atom is -0.297 e. The first-order chi connectivity index (χ1) is 13.6. The van der Waals surface area contributed by atoms with E-state index in [0.29, 0.717) is 12.0 Å². The molecule has 2 aromatic rings. The van der Waals surface area contributed by atoms with Crippen molar-refractivity contribution in [3.63, 3.8) is 0 Å². The summed E-state index contributed by atoms with van der Waals surface area (Å²) in [4.78, 5) is 5.11. The Morgan fingerprint density at radius 1 is 1.04 bits per heavy atom. The molecule has 1 aromatic heterocycles. The molecule has 152 valence electrons. The Labute approximate surface area is 172 Å². The first-order valence-corrected chi connectivity index (χ1v) is 11.0. The second kappa shape index (κ2) is 8.89. The molecule has 1 saturated heterocycles. The maximum absolute atomic E-state index is 6.01. The van der Waals surface area contributed by atoms with Gasteiger partial charge in [0.05, 0.1) is 12.1 Å². The Balaban J connectivity index is 1.41. The molecule has 0 bridgehead atoms. The van der Waals surface area contributed by atoms with Gasteiger partial charge in [0.15, 0.2) is 5.82 Å². The second-order valence-corrected chi connectivity index (χ2v) is 8.98. The van der Waals surface area contributed by atoms with E-state index in [2.05, 4.69) is 56.0 Å². The third-order valence-corrected chi connectivity index (χ3v) is 6.46. The molecule has 0 unspecified atom stereocenters. The van der Waals surface area contributed by atoms with E-state index in [1.165, 1.54) is 31.2 Å². The van der Waals surface area contributed by atoms with Crippen LogP contribution in [0.5, 0.6) is 0 Å². The van der Waals surface area contributed by atoms with Crippen molar-refractivity contribution < 1.29 is 0 Å². The standard InChI is InChI=1S/C21H31ClN6/c1-16(2)20(21-23-24-25-28(21)19-5-3-4-6-19)27-13-11-26(12-14-27)15-17-7-9-18(22)10-8-17/h7-10,16,19-20H,3-6,11-15H2,1-2H3/t20-/m0/s1. The predicted octanol–water partition coefficient (Wildman–Crippen LogP) is 3.96. The van der Waals surface area contributed by atoms with Gasteiger partial charge in [-0.05, 0) is 46.9 Å². The summed E-state index contributed by atoms with van der Waals surface area (Å²) >= 11 is 6.01. The van der Waals surface area contributed by atoms with Crippen LogP contribution in [0.15, 0.2) is 24.3 Å². The van der Waals surface area contributed by atoms with Gasteiger partial charge in [-0.3, -0.25) is 9.80 Å². The zero-order valence-corrected chi connectivity index (χ0v) is 17.7. The Morgan fingerprint density at radius 3 is 2.36 bits per heavy atom. The fourth-order valence-electron chi connectivity index (χ4n) is 4.73. The van der Waals surface area contributed by atoms with Crippen molar-refractivity contribution in [1.82, 2.24) is 30.0 Å². The van der Waals surface area contributed by atoms with Crippen LogP contribution in [-0.2, 0) is 6.54 Å². The van der Waals surface area contributed by atoms with Crippen LogP contribution in [0.1, 0.15) is 63.0 Å². The zero-order valence-electron chi connectivity index (χ0n) is 17.0. The molecule has 1 saturated carbocycles. The largest absolute Gasteiger partial charge is 0.297 e. The van der Waals surface area contributed by atoms with Crippen LogP contribution < -0.4 is 0 Å². The van der Waals surface area contributed by atoms with E-state index in [4.69, 9.17) is 11.6 Å². The summed E-state index contributed by atoms with van der Waals surface area (Å²) in [6, 6.07) is 8.98. The molecule has 2 fully saturated rings. The normalized spacial score (nSPS) is 20.9. The highest BCUT2D eigenvalue weighted by Gasteiger charge is 2.33. The molecular weight excluding hydrogens is 372 g/mol. The fraction of sp³-hybridized carbons (Fsp3) is 0.667. The average molecular weight is 403 g/mol. The van der Waals surface area contributed by atoms with E-state index in [9.17, 15) is 0 Å². The average Bonchev–Trinajstić information content (AvgIpc) is 3.36. The minimum atomic E-state index is 0.285. The SMILES string of the molecule is CC(C)[C@@H](c1nnnn1C1CCCC1)N1CCN(Cc2ccc(Cl)cc2)CC1. The number of hydrogen-bond donors (Lipinski definition) is 0. The van der Waals surface area contributed by atoms with E-state index >= 15 is 0 Å². The highest BCUT2D eigenvalue weighted by molar-refractivity contribution is 6.30. The maximum atomic E-state index is 6.01. The molecule has 0 N–H and O–H groups in total. The Bertz CT molecular complexity index is 745. The van der Waals surface area contributed by atoms with Crippen molar-refractivity contribution in [2.45, 2.75) is 58.2 Å². The number of benzene rings is 1. The number of rotatable bonds is 6. The van der Waals surface area contributed by atoms with Crippen LogP contribution in [0.2, 0.25) is 5.02 Å². The third-order valence-electron chi connectivity index (χ3n) is 6.20. The smallest absolute Gasteiger partial charge is 0.168 e. The summed E-state index contributed by atoms with van der Waals surface area (Å²) in [7, 11) is 0. The molecular formula is C21H31ClN6. The van der Waals surface area contributed by atoms with E-state index in [-0.39, 0.29) is 6.04 Å². The molecule has 4 rings (SSSR count). The van der Waals surface area contributed by atoms with Crippen LogP contribution in [0.4, 0.5) is 0 Å². The molecule has 6 nitrogen and oxygen atoms in total. The number of nitrogens with zero attached hydrogens (tertiary/aromatic N) is 6. The molecule has 2 heterocycles. The van der Waals surface area contributed by atoms with Crippen LogP contribution in [0.3, 0.4) is 0 Å². The van der Waals surface area contributed by atoms with Gasteiger partial charge in [0.1, 0.15) is 0 Å². The molecule has 2 aliphatic rings. The van der Waals surface area contributed by atoms with Gasteiger partial charge in [-0.2, -0.15) is 0 Å². The first kappa shape index (κ1) is 19.8. The van der Waals surface area contributed by atoms with E-state index in [0.717, 1.165) is 43.6 Å². The maximum Gasteiger partial charge on any atom is 0.168 e. The summed E-state index contributed by atoms with van der Waals surface area (Å²) in [5.41, 5.74) is 1.32. The van der Waals surface area contributed by atoms with E-state index in [1.54, 1.807) is 0 Å². The van der Waals surface area contributed by atoms with E-state index < -0.39 is 0 Å². The van der Waals surface area contributed by atoms with Gasteiger partial charge in [-0.25, -0.2) is 4.68 Å². The molecule has 1 aromatic carbocycles. The second-order valence-electron chi connectivity index (χ2n) is 8.55. The molecule has 0 amide bonds. The lowest BCUT2D eigenvalue weighted by molar-refractivity contribution is 0.0653. The van der Waals surface area contributed by atoms with Crippen molar-refractivity contribution >= 4 is 11.6 Å². The molecule has 1 atom stereocenters. The van der Waals surface area contributed by atoms with Crippen LogP contribution >= 0.6 is 11.6 Å². The molecule has 7 heteroatoms. The molecule has 1 aliphatic heterocycles. The monoisotopic (exact) mass is 402 g/mol. The van der Waals surface area contributed by atoms with Crippen molar-refractivity contribution in [1.29, 1.82) is 0 Å². The lowest BCUT2D eigenvalue weighted by atomic mass is 10.00. The van der Waals surface area contributed by atoms with Gasteiger partial charge in [-0.1, -0.05) is 50.4 Å². The highest BCUT2D eigenvalue weighted by atomic mass is 35.5. The van der Waals surface area contributed by atoms with Crippen molar-refractivity contribution in [2.75, 3.05) is 26.2 Å². The number of tetrazole rings is 1. The van der Waals surface area contributed by atoms with E-state index in [1.807, 2.05) is 12.1 Å². The summed E-state index contributed by atoms with van der Waals surface area (Å²) in [5.74, 6) is 1.54. The van der Waals surface area contributed by atoms with Gasteiger partial charge in [0.2, 0.25) is 0 Å². The van der Waals surface area contributed by atoms with Crippen LogP contribution in [0, 0.1) is 5.92 Å². The summed E-state index contributed by atoms with van der Waals surface area (Å²) in [6.07, 6.45) is 4.99. The Kier molecular flexibility index (Phi) is 6.28. The quantitative estimate of drug-likeness (QED) is 0.732. The molecule has 28 heavy (non-hydrogen) atoms. The summed E-state index contributed by atoms with van der Waals surface area (Å²) in [5, 5.41) is 13.7. The number of piperazine rings is 1. The van der Waals surface area contributed by atoms with Gasteiger partial charge in [0.25, 0.3) is 0 Å². The van der Waals surface area contributed by atoms with Crippen LogP contribution in [-0.4, -0.2) is 56.2 Å². The number of hydrogen-bond acceptors (Lipinski definition) is 5. The Hall–Kier alpha value is -1.50. The fourth-order valence-corrected chi connectivity index (χ4v) is 4.86.